The molecule has 2 aliphatic heterocycles. The highest BCUT2D eigenvalue weighted by Crippen LogP contribution is 2.51. The fraction of sp³-hybridized carbons (Fsp3) is 0.385. The highest BCUT2D eigenvalue weighted by Gasteiger charge is 2.59. The van der Waals surface area contributed by atoms with Gasteiger partial charge in [0.2, 0.25) is 17.7 Å². The molecule has 0 aliphatic carbocycles. The minimum Gasteiger partial charge on any atom is -0.341 e. The van der Waals surface area contributed by atoms with Crippen LogP contribution in [0.15, 0.2) is 48.5 Å². The number of piperidine rings is 1. The van der Waals surface area contributed by atoms with Crippen LogP contribution in [0.4, 0.5) is 17.6 Å². The van der Waals surface area contributed by atoms with Gasteiger partial charge in [-0.15, -0.1) is 0 Å². The lowest BCUT2D eigenvalue weighted by molar-refractivity contribution is -0.144. The van der Waals surface area contributed by atoms with Crippen LogP contribution in [-0.2, 0) is 20.6 Å². The van der Waals surface area contributed by atoms with Crippen molar-refractivity contribution in [2.75, 3.05) is 20.1 Å². The van der Waals surface area contributed by atoms with Gasteiger partial charge in [-0.1, -0.05) is 30.3 Å². The molecular formula is C26H25F4N3O4. The van der Waals surface area contributed by atoms with Gasteiger partial charge < -0.3 is 10.2 Å². The summed E-state index contributed by atoms with van der Waals surface area (Å²) >= 11 is 0. The number of carbonyl (C=O) groups excluding carboxylic acids is 4. The van der Waals surface area contributed by atoms with Gasteiger partial charge in [-0.25, -0.2) is 4.39 Å². The zero-order valence-electron chi connectivity index (χ0n) is 20.1. The van der Waals surface area contributed by atoms with Crippen LogP contribution in [0.25, 0.3) is 0 Å². The quantitative estimate of drug-likeness (QED) is 0.496. The van der Waals surface area contributed by atoms with E-state index < -0.39 is 52.3 Å². The summed E-state index contributed by atoms with van der Waals surface area (Å²) in [6.45, 7) is 1.61. The molecule has 1 unspecified atom stereocenters. The Labute approximate surface area is 210 Å². The maximum Gasteiger partial charge on any atom is 0.416 e. The molecule has 2 saturated heterocycles. The maximum absolute atomic E-state index is 14.1. The predicted octanol–water partition coefficient (Wildman–Crippen LogP) is 3.35. The lowest BCUT2D eigenvalue weighted by Crippen LogP contribution is -2.53. The summed E-state index contributed by atoms with van der Waals surface area (Å²) in [5, 5.41) is 2.26. The smallest absolute Gasteiger partial charge is 0.341 e. The highest BCUT2D eigenvalue weighted by molar-refractivity contribution is 6.10. The number of imide groups is 1. The third kappa shape index (κ3) is 4.70. The molecule has 2 heterocycles. The van der Waals surface area contributed by atoms with Crippen molar-refractivity contribution in [1.82, 2.24) is 15.1 Å². The third-order valence-electron chi connectivity index (χ3n) is 7.22. The Morgan fingerprint density at radius 3 is 2.27 bits per heavy atom. The van der Waals surface area contributed by atoms with Crippen LogP contribution >= 0.6 is 0 Å². The number of rotatable bonds is 4. The largest absolute Gasteiger partial charge is 0.416 e. The summed E-state index contributed by atoms with van der Waals surface area (Å²) in [7, 11) is 1.44. The van der Waals surface area contributed by atoms with Crippen LogP contribution in [-0.4, -0.2) is 59.6 Å². The van der Waals surface area contributed by atoms with Crippen LogP contribution in [0.5, 0.6) is 0 Å². The molecule has 7 nitrogen and oxygen atoms in total. The molecule has 196 valence electrons. The molecule has 4 amide bonds. The van der Waals surface area contributed by atoms with Crippen LogP contribution in [0.1, 0.15) is 47.2 Å². The Hall–Kier alpha value is -3.76. The first-order valence-corrected chi connectivity index (χ1v) is 11.7. The average molecular weight is 519 g/mol. The van der Waals surface area contributed by atoms with Gasteiger partial charge in [0.15, 0.2) is 0 Å². The van der Waals surface area contributed by atoms with Crippen molar-refractivity contribution in [3.63, 3.8) is 0 Å². The number of hydrogen-bond acceptors (Lipinski definition) is 4. The third-order valence-corrected chi connectivity index (χ3v) is 7.22. The molecule has 2 aliphatic rings. The summed E-state index contributed by atoms with van der Waals surface area (Å²) in [6.07, 6.45) is -4.33. The molecule has 0 bridgehead atoms. The van der Waals surface area contributed by atoms with Gasteiger partial charge in [0.25, 0.3) is 5.91 Å². The van der Waals surface area contributed by atoms with Crippen LogP contribution < -0.4 is 5.32 Å². The second kappa shape index (κ2) is 9.60. The van der Waals surface area contributed by atoms with Gasteiger partial charge in [0.05, 0.1) is 22.5 Å². The summed E-state index contributed by atoms with van der Waals surface area (Å²) in [6, 6.07) is 9.28. The van der Waals surface area contributed by atoms with Gasteiger partial charge in [-0.3, -0.25) is 24.1 Å². The Morgan fingerprint density at radius 2 is 1.68 bits per heavy atom. The molecule has 0 aromatic heterocycles. The molecule has 4 rings (SSSR count). The molecular weight excluding hydrogens is 494 g/mol. The Kier molecular flexibility index (Phi) is 6.83. The fourth-order valence-electron chi connectivity index (χ4n) is 5.21. The van der Waals surface area contributed by atoms with Gasteiger partial charge >= 0.3 is 6.18 Å². The van der Waals surface area contributed by atoms with E-state index in [0.29, 0.717) is 23.8 Å². The standard InChI is InChI=1S/C26H25F4N3O4/c1-15(31-21(34)18-14-17(26(28,29)30)8-9-19(18)27)22(35)33-12-10-25(11-13-33)20(16-6-4-3-5-7-16)23(36)32(2)24(25)37/h3-9,14-15,20H,10-13H2,1-2H3,(H,31,34)/t15-,20?/m1/s1. The van der Waals surface area contributed by atoms with Crippen molar-refractivity contribution in [1.29, 1.82) is 0 Å². The number of amides is 4. The van der Waals surface area contributed by atoms with E-state index in [-0.39, 0.29) is 37.7 Å². The monoisotopic (exact) mass is 519 g/mol. The first-order chi connectivity index (χ1) is 17.4. The molecule has 2 aromatic rings. The minimum absolute atomic E-state index is 0.132. The fourth-order valence-corrected chi connectivity index (χ4v) is 5.21. The normalized spacial score (nSPS) is 20.3. The van der Waals surface area contributed by atoms with E-state index in [1.54, 1.807) is 24.3 Å². The molecule has 2 aromatic carbocycles. The molecule has 1 spiro atoms. The number of nitrogens with one attached hydrogen (secondary N) is 1. The zero-order valence-corrected chi connectivity index (χ0v) is 20.1. The number of alkyl halides is 3. The number of nitrogens with zero attached hydrogens (tertiary/aromatic N) is 2. The number of halogens is 4. The van der Waals surface area contributed by atoms with Crippen molar-refractivity contribution in [3.8, 4) is 0 Å². The van der Waals surface area contributed by atoms with Crippen LogP contribution in [0, 0.1) is 11.2 Å². The Balaban J connectivity index is 1.46. The summed E-state index contributed by atoms with van der Waals surface area (Å²) in [5.74, 6) is -4.12. The second-order valence-electron chi connectivity index (χ2n) is 9.42. The summed E-state index contributed by atoms with van der Waals surface area (Å²) in [4.78, 5) is 54.2. The van der Waals surface area contributed by atoms with Gasteiger partial charge in [0, 0.05) is 20.1 Å². The van der Waals surface area contributed by atoms with E-state index in [4.69, 9.17) is 0 Å². The van der Waals surface area contributed by atoms with E-state index in [0.717, 1.165) is 4.90 Å². The topological polar surface area (TPSA) is 86.8 Å². The van der Waals surface area contributed by atoms with Crippen LogP contribution in [0.3, 0.4) is 0 Å². The molecule has 1 N–H and O–H groups in total. The second-order valence-corrected chi connectivity index (χ2v) is 9.42. The summed E-state index contributed by atoms with van der Waals surface area (Å²) < 4.78 is 53.0. The lowest BCUT2D eigenvalue weighted by atomic mass is 9.67. The van der Waals surface area contributed by atoms with Crippen molar-refractivity contribution in [3.05, 3.63) is 71.0 Å². The van der Waals surface area contributed by atoms with E-state index in [1.807, 2.05) is 6.07 Å². The lowest BCUT2D eigenvalue weighted by Gasteiger charge is -2.41. The SMILES string of the molecule is C[C@@H](NC(=O)c1cc(C(F)(F)F)ccc1F)C(=O)N1CCC2(CC1)C(=O)N(C)C(=O)C2c1ccccc1. The molecule has 0 radical (unpaired) electrons. The first-order valence-electron chi connectivity index (χ1n) is 11.7. The summed E-state index contributed by atoms with van der Waals surface area (Å²) in [5.41, 5.74) is -2.30. The molecule has 0 saturated carbocycles. The number of hydrogen-bond donors (Lipinski definition) is 1. The zero-order chi connectivity index (χ0) is 27.1. The number of carbonyl (C=O) groups is 4. The van der Waals surface area contributed by atoms with Gasteiger partial charge in [-0.2, -0.15) is 13.2 Å². The average Bonchev–Trinajstić information content (AvgIpc) is 3.04. The molecule has 11 heteroatoms. The number of likely N-dealkylation sites (N-methyl/N-ethyl adjacent to an activating group) is 1. The predicted molar refractivity (Wildman–Crippen MR) is 124 cm³/mol. The van der Waals surface area contributed by atoms with Crippen molar-refractivity contribution < 1.29 is 36.7 Å². The molecule has 2 fully saturated rings. The van der Waals surface area contributed by atoms with E-state index in [1.165, 1.54) is 18.9 Å². The van der Waals surface area contributed by atoms with Crippen LogP contribution in [0.2, 0.25) is 0 Å². The molecule has 37 heavy (non-hydrogen) atoms. The van der Waals surface area contributed by atoms with Gasteiger partial charge in [0.1, 0.15) is 11.9 Å². The van der Waals surface area contributed by atoms with Crippen molar-refractivity contribution in [2.45, 2.75) is 37.9 Å². The van der Waals surface area contributed by atoms with Crippen molar-refractivity contribution in [2.24, 2.45) is 5.41 Å². The number of benzene rings is 2. The minimum atomic E-state index is -4.77. The van der Waals surface area contributed by atoms with E-state index in [9.17, 15) is 36.7 Å². The first kappa shape index (κ1) is 26.3. The maximum atomic E-state index is 14.1. The van der Waals surface area contributed by atoms with Gasteiger partial charge in [-0.05, 0) is 43.5 Å². The highest BCUT2D eigenvalue weighted by atomic mass is 19.4. The Morgan fingerprint density at radius 1 is 1.05 bits per heavy atom. The number of likely N-dealkylation sites (tertiary alicyclic amines) is 2. The Bertz CT molecular complexity index is 1240. The van der Waals surface area contributed by atoms with E-state index >= 15 is 0 Å². The van der Waals surface area contributed by atoms with E-state index in [2.05, 4.69) is 5.32 Å². The van der Waals surface area contributed by atoms with Crippen molar-refractivity contribution >= 4 is 23.6 Å². The molecule has 2 atom stereocenters.